The van der Waals surface area contributed by atoms with Gasteiger partial charge in [0.1, 0.15) is 0 Å². The van der Waals surface area contributed by atoms with Crippen LogP contribution in [0.2, 0.25) is 0 Å². The van der Waals surface area contributed by atoms with Gasteiger partial charge in [-0.05, 0) is 93.9 Å². The van der Waals surface area contributed by atoms with Crippen LogP contribution >= 0.6 is 0 Å². The first kappa shape index (κ1) is 19.6. The summed E-state index contributed by atoms with van der Waals surface area (Å²) in [6.07, 6.45) is 15.5. The van der Waals surface area contributed by atoms with Crippen molar-refractivity contribution in [2.45, 2.75) is 107 Å². The molecule has 0 aromatic rings. The third-order valence-corrected chi connectivity index (χ3v) is 8.95. The summed E-state index contributed by atoms with van der Waals surface area (Å²) in [5, 5.41) is 0. The van der Waals surface area contributed by atoms with Crippen molar-refractivity contribution in [1.82, 2.24) is 4.90 Å². The van der Waals surface area contributed by atoms with Crippen LogP contribution in [0.4, 0.5) is 0 Å². The topological polar surface area (TPSA) is 3.24 Å². The van der Waals surface area contributed by atoms with E-state index in [4.69, 9.17) is 0 Å². The van der Waals surface area contributed by atoms with Crippen LogP contribution in [-0.4, -0.2) is 27.0 Å². The molecule has 0 aromatic heterocycles. The second-order valence-electron chi connectivity index (χ2n) is 10.6. The highest BCUT2D eigenvalue weighted by Gasteiger charge is 2.54. The van der Waals surface area contributed by atoms with E-state index in [1.165, 1.54) is 77.2 Å². The van der Waals surface area contributed by atoms with Gasteiger partial charge < -0.3 is 0 Å². The first-order valence-corrected chi connectivity index (χ1v) is 12.7. The average Bonchev–Trinajstić information content (AvgIpc) is 3.29. The molecule has 2 saturated carbocycles. The highest BCUT2D eigenvalue weighted by molar-refractivity contribution is 5.12. The minimum atomic E-state index is 0.494. The Balaban J connectivity index is 1.42. The van der Waals surface area contributed by atoms with Gasteiger partial charge >= 0.3 is 0 Å². The zero-order valence-electron chi connectivity index (χ0n) is 17.2. The van der Waals surface area contributed by atoms with Crippen LogP contribution < -0.4 is 22.6 Å². The number of rotatable bonds is 6. The molecule has 1 aliphatic heterocycles. The largest absolute Gasteiger partial charge is 0.295 e. The second-order valence-corrected chi connectivity index (χ2v) is 12.3. The Hall–Kier alpha value is 0.250. The number of halogens is 1. The van der Waals surface area contributed by atoms with Gasteiger partial charge in [0.2, 0.25) is 3.92 Å². The Bertz CT molecular complexity index is 562. The SMILES string of the molecule is CCCC1(C)CC(C)(N2CCCC2CC2CC([IH+])C#CC[C@@H]2C2CC2)C1. The van der Waals surface area contributed by atoms with E-state index < -0.39 is 0 Å². The van der Waals surface area contributed by atoms with Crippen molar-refractivity contribution in [1.29, 1.82) is 0 Å². The summed E-state index contributed by atoms with van der Waals surface area (Å²) in [5.41, 5.74) is 1.12. The van der Waals surface area contributed by atoms with Crippen LogP contribution in [0.15, 0.2) is 0 Å². The van der Waals surface area contributed by atoms with E-state index in [0.717, 1.165) is 23.8 Å². The van der Waals surface area contributed by atoms with E-state index in [2.05, 4.69) is 60.1 Å². The van der Waals surface area contributed by atoms with Crippen molar-refractivity contribution in [2.24, 2.45) is 23.2 Å². The van der Waals surface area contributed by atoms with Crippen LogP contribution in [0.1, 0.15) is 91.4 Å². The highest BCUT2D eigenvalue weighted by Crippen LogP contribution is 2.56. The van der Waals surface area contributed by atoms with Crippen molar-refractivity contribution in [3.63, 3.8) is 0 Å². The molecule has 4 aliphatic rings. The fourth-order valence-electron chi connectivity index (χ4n) is 7.22. The third kappa shape index (κ3) is 4.00. The average molecular weight is 468 g/mol. The van der Waals surface area contributed by atoms with Crippen molar-refractivity contribution < 1.29 is 22.6 Å². The minimum absolute atomic E-state index is 0.494. The molecule has 3 aliphatic carbocycles. The van der Waals surface area contributed by atoms with Crippen LogP contribution in [-0.2, 0) is 0 Å². The predicted molar refractivity (Wildman–Crippen MR) is 107 cm³/mol. The van der Waals surface area contributed by atoms with E-state index in [1.54, 1.807) is 0 Å². The zero-order valence-corrected chi connectivity index (χ0v) is 19.6. The van der Waals surface area contributed by atoms with Gasteiger partial charge in [0, 0.05) is 24.4 Å². The van der Waals surface area contributed by atoms with E-state index in [9.17, 15) is 0 Å². The Morgan fingerprint density at radius 1 is 1.15 bits per heavy atom. The van der Waals surface area contributed by atoms with E-state index >= 15 is 0 Å². The number of nitrogens with zero attached hydrogens (tertiary/aromatic N) is 1. The standard InChI is InChI=1S/C24H39IN/c1-4-12-23(2)16-24(3,17-23)26-13-6-8-21(26)15-19-14-20(25)7-5-9-22(19)18-10-11-18/h18-22,25H,4,6,8-17H2,1-3H3/q+1/t19?,20?,21?,22-,23?,24?/m1/s1. The number of alkyl halides is 1. The summed E-state index contributed by atoms with van der Waals surface area (Å²) in [6.45, 7) is 8.83. The fourth-order valence-corrected chi connectivity index (χ4v) is 8.17. The first-order chi connectivity index (χ1) is 12.4. The second kappa shape index (κ2) is 7.58. The maximum absolute atomic E-state index is 3.55. The molecule has 4 atom stereocenters. The van der Waals surface area contributed by atoms with Gasteiger partial charge in [0.25, 0.3) is 22.6 Å². The molecular formula is C24H39IN+. The molecule has 0 amide bonds. The van der Waals surface area contributed by atoms with Gasteiger partial charge in [-0.15, -0.1) is 0 Å². The third-order valence-electron chi connectivity index (χ3n) is 8.06. The van der Waals surface area contributed by atoms with Crippen molar-refractivity contribution >= 4 is 0 Å². The Kier molecular flexibility index (Phi) is 5.71. The molecule has 3 unspecified atom stereocenters. The smallest absolute Gasteiger partial charge is 0.269 e. The predicted octanol–water partition coefficient (Wildman–Crippen LogP) is 2.29. The van der Waals surface area contributed by atoms with Gasteiger partial charge in [0.15, 0.2) is 0 Å². The monoisotopic (exact) mass is 468 g/mol. The van der Waals surface area contributed by atoms with E-state index in [-0.39, 0.29) is 0 Å². The van der Waals surface area contributed by atoms with Crippen LogP contribution in [0, 0.1) is 35.0 Å². The summed E-state index contributed by atoms with van der Waals surface area (Å²) < 4.78 is 0.626. The van der Waals surface area contributed by atoms with Gasteiger partial charge in [-0.25, -0.2) is 0 Å². The van der Waals surface area contributed by atoms with Crippen molar-refractivity contribution in [2.75, 3.05) is 6.54 Å². The molecule has 0 spiro atoms. The molecule has 0 N–H and O–H groups in total. The van der Waals surface area contributed by atoms with Gasteiger partial charge in [-0.1, -0.05) is 26.2 Å². The summed E-state index contributed by atoms with van der Waals surface area (Å²) in [4.78, 5) is 2.98. The fraction of sp³-hybridized carbons (Fsp3) is 0.917. The van der Waals surface area contributed by atoms with Gasteiger partial charge in [-0.3, -0.25) is 4.90 Å². The molecule has 146 valence electrons. The maximum Gasteiger partial charge on any atom is 0.269 e. The van der Waals surface area contributed by atoms with Crippen LogP contribution in [0.3, 0.4) is 0 Å². The van der Waals surface area contributed by atoms with Gasteiger partial charge in [-0.2, -0.15) is 0 Å². The summed E-state index contributed by atoms with van der Waals surface area (Å²) in [6, 6.07) is 0.851. The van der Waals surface area contributed by atoms with E-state index in [0.29, 0.717) is 14.9 Å². The Morgan fingerprint density at radius 2 is 1.92 bits per heavy atom. The summed E-state index contributed by atoms with van der Waals surface area (Å²) >= 11 is 2.29. The Morgan fingerprint density at radius 3 is 2.62 bits per heavy atom. The van der Waals surface area contributed by atoms with Crippen molar-refractivity contribution in [3.05, 3.63) is 0 Å². The van der Waals surface area contributed by atoms with Crippen LogP contribution in [0.25, 0.3) is 0 Å². The van der Waals surface area contributed by atoms with Gasteiger partial charge in [0.05, 0.1) is 0 Å². The number of hydrogen-bond donors (Lipinski definition) is 0. The molecule has 1 saturated heterocycles. The molecular weight excluding hydrogens is 429 g/mol. The highest BCUT2D eigenvalue weighted by atomic mass is 127. The molecule has 3 fully saturated rings. The molecule has 0 radical (unpaired) electrons. The normalized spacial score (nSPS) is 46.3. The molecule has 0 bridgehead atoms. The lowest BCUT2D eigenvalue weighted by molar-refractivity contribution is -0.403. The Labute approximate surface area is 175 Å². The maximum atomic E-state index is 3.55. The molecule has 0 aromatic carbocycles. The van der Waals surface area contributed by atoms with Crippen LogP contribution in [0.5, 0.6) is 0 Å². The summed E-state index contributed by atoms with van der Waals surface area (Å²) in [5.74, 6) is 9.94. The van der Waals surface area contributed by atoms with Crippen molar-refractivity contribution in [3.8, 4) is 11.8 Å². The molecule has 1 heterocycles. The molecule has 2 heteroatoms. The molecule has 1 nitrogen and oxygen atoms in total. The molecule has 26 heavy (non-hydrogen) atoms. The summed E-state index contributed by atoms with van der Waals surface area (Å²) in [7, 11) is 0. The van der Waals surface area contributed by atoms with E-state index in [1.807, 2.05) is 0 Å². The number of likely N-dealkylation sites (tertiary alicyclic amines) is 1. The molecule has 4 rings (SSSR count). The quantitative estimate of drug-likeness (QED) is 0.329. The number of hydrogen-bond acceptors (Lipinski definition) is 1. The lowest BCUT2D eigenvalue weighted by Gasteiger charge is -2.59. The first-order valence-electron chi connectivity index (χ1n) is 11.3. The minimum Gasteiger partial charge on any atom is -0.295 e. The zero-order chi connectivity index (χ0) is 18.4. The lowest BCUT2D eigenvalue weighted by Crippen LogP contribution is -3.39. The lowest BCUT2D eigenvalue weighted by atomic mass is 9.56.